The Kier molecular flexibility index (Phi) is 13.2. The molecule has 1 aliphatic rings. The number of aliphatic carboxylic acids is 1. The van der Waals surface area contributed by atoms with Gasteiger partial charge in [0.15, 0.2) is 0 Å². The molecule has 2 aromatic rings. The van der Waals surface area contributed by atoms with Crippen LogP contribution in [0.4, 0.5) is 4.79 Å². The van der Waals surface area contributed by atoms with Gasteiger partial charge in [0, 0.05) is 31.2 Å². The molecule has 200 valence electrons. The second kappa shape index (κ2) is 15.8. The van der Waals surface area contributed by atoms with E-state index in [9.17, 15) is 19.5 Å². The Morgan fingerprint density at radius 2 is 1.84 bits per heavy atom. The minimum Gasteiger partial charge on any atom is -0.548 e. The van der Waals surface area contributed by atoms with E-state index in [0.717, 1.165) is 35.1 Å². The van der Waals surface area contributed by atoms with Gasteiger partial charge in [-0.1, -0.05) is 30.3 Å². The summed E-state index contributed by atoms with van der Waals surface area (Å²) in [5.74, 6) is -1.11. The number of nitrogens with zero attached hydrogens (tertiary/aromatic N) is 1. The zero-order valence-corrected chi connectivity index (χ0v) is 23.6. The number of rotatable bonds is 11. The molecule has 1 fully saturated rings. The summed E-state index contributed by atoms with van der Waals surface area (Å²) in [5, 5.41) is 17.8. The molecule has 1 atom stereocenters. The number of carboxylic acid groups (broad SMARTS) is 1. The molecule has 3 rings (SSSR count). The summed E-state index contributed by atoms with van der Waals surface area (Å²) in [5.41, 5.74) is 4.14. The third-order valence-corrected chi connectivity index (χ3v) is 7.22. The first-order valence-electron chi connectivity index (χ1n) is 12.7. The number of nitrogens with one attached hydrogen (secondary N) is 2. The number of hydrogen-bond acceptors (Lipinski definition) is 7. The summed E-state index contributed by atoms with van der Waals surface area (Å²) in [6.07, 6.45) is 3.61. The number of carboxylic acids is 1. The smallest absolute Gasteiger partial charge is 0.548 e. The Bertz CT molecular complexity index is 1090. The van der Waals surface area contributed by atoms with Crippen LogP contribution < -0.4 is 34.6 Å². The van der Waals surface area contributed by atoms with Crippen molar-refractivity contribution >= 4 is 29.7 Å². The average molecular weight is 534 g/mol. The minimum atomic E-state index is -1.28. The summed E-state index contributed by atoms with van der Waals surface area (Å²) >= 11 is 1.52. The van der Waals surface area contributed by atoms with Gasteiger partial charge in [-0.05, 0) is 79.5 Å². The van der Waals surface area contributed by atoms with Crippen LogP contribution in [-0.2, 0) is 16.1 Å². The zero-order chi connectivity index (χ0) is 26.8. The van der Waals surface area contributed by atoms with Gasteiger partial charge in [0.05, 0.1) is 18.6 Å². The fourth-order valence-corrected chi connectivity index (χ4v) is 4.93. The summed E-state index contributed by atoms with van der Waals surface area (Å²) in [7, 11) is 0. The third kappa shape index (κ3) is 8.81. The molecule has 2 amide bonds. The van der Waals surface area contributed by atoms with Crippen molar-refractivity contribution in [1.82, 2.24) is 15.5 Å². The molecule has 2 aromatic carbocycles. The molecular formula is C28H36LiN3O5S. The molecule has 1 heterocycles. The molecule has 1 aliphatic heterocycles. The van der Waals surface area contributed by atoms with Gasteiger partial charge in [0.2, 0.25) is 0 Å². The largest absolute Gasteiger partial charge is 1.00 e. The van der Waals surface area contributed by atoms with Gasteiger partial charge >= 0.3 is 25.0 Å². The average Bonchev–Trinajstić information content (AvgIpc) is 2.90. The maximum Gasteiger partial charge on any atom is 1.00 e. The van der Waals surface area contributed by atoms with Gasteiger partial charge in [0.25, 0.3) is 5.91 Å². The van der Waals surface area contributed by atoms with Crippen molar-refractivity contribution in [3.8, 4) is 11.1 Å². The predicted molar refractivity (Wildman–Crippen MR) is 144 cm³/mol. The first-order chi connectivity index (χ1) is 17.8. The summed E-state index contributed by atoms with van der Waals surface area (Å²) in [6, 6.07) is 12.7. The SMILES string of the molecule is CCOC(=O)N1CCC(NCc2ccc(C(=O)NC(CCSC)C(=O)[O-])c(-c3ccccc3C)c2)CC1.[Li+]. The fraction of sp³-hybridized carbons (Fsp3) is 0.464. The van der Waals surface area contributed by atoms with Crippen molar-refractivity contribution in [2.75, 3.05) is 31.7 Å². The van der Waals surface area contributed by atoms with E-state index in [1.165, 1.54) is 11.8 Å². The Hall–Kier alpha value is -2.44. The van der Waals surface area contributed by atoms with Crippen molar-refractivity contribution < 1.29 is 43.1 Å². The van der Waals surface area contributed by atoms with Gasteiger partial charge in [-0.15, -0.1) is 0 Å². The number of ether oxygens (including phenoxy) is 1. The molecule has 0 bridgehead atoms. The summed E-state index contributed by atoms with van der Waals surface area (Å²) in [6.45, 7) is 6.09. The van der Waals surface area contributed by atoms with E-state index in [1.54, 1.807) is 17.9 Å². The standard InChI is InChI=1S/C28H37N3O5S.Li/c1-4-36-28(35)31-14-11-21(12-15-31)29-18-20-9-10-23(24(17-20)22-8-6-5-7-19(22)2)26(32)30-25(27(33)34)13-16-37-3;/h5-10,17,21,25,29H,4,11-16,18H2,1-3H3,(H,30,32)(H,33,34);/q;+1/p-1. The number of amides is 2. The van der Waals surface area contributed by atoms with Crippen LogP contribution in [0.15, 0.2) is 42.5 Å². The van der Waals surface area contributed by atoms with Crippen molar-refractivity contribution in [3.05, 3.63) is 59.2 Å². The number of benzene rings is 2. The molecule has 0 spiro atoms. The van der Waals surface area contributed by atoms with E-state index >= 15 is 0 Å². The quantitative estimate of drug-likeness (QED) is 0.391. The number of likely N-dealkylation sites (tertiary alicyclic amines) is 1. The van der Waals surface area contributed by atoms with E-state index in [2.05, 4.69) is 10.6 Å². The molecule has 0 aliphatic carbocycles. The zero-order valence-electron chi connectivity index (χ0n) is 22.7. The van der Waals surface area contributed by atoms with Gasteiger partial charge in [-0.25, -0.2) is 4.79 Å². The van der Waals surface area contributed by atoms with E-state index in [0.29, 0.717) is 44.0 Å². The maximum atomic E-state index is 13.2. The predicted octanol–water partition coefficient (Wildman–Crippen LogP) is -0.0221. The van der Waals surface area contributed by atoms with Crippen molar-refractivity contribution in [2.45, 2.75) is 51.7 Å². The number of piperidine rings is 1. The second-order valence-electron chi connectivity index (χ2n) is 9.16. The summed E-state index contributed by atoms with van der Waals surface area (Å²) < 4.78 is 5.09. The van der Waals surface area contributed by atoms with Gasteiger partial charge in [0.1, 0.15) is 0 Å². The third-order valence-electron chi connectivity index (χ3n) is 6.58. The van der Waals surface area contributed by atoms with E-state index in [-0.39, 0.29) is 31.0 Å². The van der Waals surface area contributed by atoms with Crippen LogP contribution in [0, 0.1) is 6.92 Å². The number of carbonyl (C=O) groups excluding carboxylic acids is 3. The van der Waals surface area contributed by atoms with Crippen LogP contribution in [0.1, 0.15) is 47.7 Å². The molecule has 2 N–H and O–H groups in total. The molecular weight excluding hydrogens is 497 g/mol. The van der Waals surface area contributed by atoms with Crippen LogP contribution >= 0.6 is 11.8 Å². The number of hydrogen-bond donors (Lipinski definition) is 2. The first-order valence-corrected chi connectivity index (χ1v) is 14.1. The molecule has 1 unspecified atom stereocenters. The van der Waals surface area contributed by atoms with Crippen LogP contribution in [0.5, 0.6) is 0 Å². The normalized spacial score (nSPS) is 14.3. The molecule has 0 radical (unpaired) electrons. The number of thioether (sulfide) groups is 1. The van der Waals surface area contributed by atoms with Crippen LogP contribution in [0.3, 0.4) is 0 Å². The summed E-state index contributed by atoms with van der Waals surface area (Å²) in [4.78, 5) is 38.5. The Morgan fingerprint density at radius 3 is 2.47 bits per heavy atom. The van der Waals surface area contributed by atoms with Crippen LogP contribution in [-0.4, -0.2) is 66.7 Å². The Balaban J connectivity index is 0.00000507. The monoisotopic (exact) mass is 533 g/mol. The van der Waals surface area contributed by atoms with Crippen LogP contribution in [0.25, 0.3) is 11.1 Å². The first kappa shape index (κ1) is 31.8. The molecule has 0 saturated carbocycles. The maximum absolute atomic E-state index is 13.2. The molecule has 38 heavy (non-hydrogen) atoms. The topological polar surface area (TPSA) is 111 Å². The molecule has 0 aromatic heterocycles. The molecule has 1 saturated heterocycles. The fourth-order valence-electron chi connectivity index (χ4n) is 4.46. The van der Waals surface area contributed by atoms with Crippen molar-refractivity contribution in [1.29, 1.82) is 0 Å². The minimum absolute atomic E-state index is 0. The Morgan fingerprint density at radius 1 is 1.13 bits per heavy atom. The Labute approximate surface area is 241 Å². The van der Waals surface area contributed by atoms with E-state index in [1.807, 2.05) is 49.6 Å². The van der Waals surface area contributed by atoms with E-state index in [4.69, 9.17) is 4.74 Å². The second-order valence-corrected chi connectivity index (χ2v) is 10.1. The number of carbonyl (C=O) groups is 3. The van der Waals surface area contributed by atoms with Gasteiger partial charge < -0.3 is 30.2 Å². The van der Waals surface area contributed by atoms with E-state index < -0.39 is 17.9 Å². The van der Waals surface area contributed by atoms with Gasteiger partial charge in [-0.2, -0.15) is 11.8 Å². The van der Waals surface area contributed by atoms with Gasteiger partial charge in [-0.3, -0.25) is 4.79 Å². The molecule has 8 nitrogen and oxygen atoms in total. The number of aryl methyl sites for hydroxylation is 1. The molecule has 10 heteroatoms. The van der Waals surface area contributed by atoms with Crippen molar-refractivity contribution in [3.63, 3.8) is 0 Å². The van der Waals surface area contributed by atoms with Crippen molar-refractivity contribution in [2.24, 2.45) is 0 Å². The van der Waals surface area contributed by atoms with Crippen LogP contribution in [0.2, 0.25) is 0 Å².